The van der Waals surface area contributed by atoms with Crippen molar-refractivity contribution in [3.8, 4) is 0 Å². The molecule has 2 aromatic carbocycles. The lowest BCUT2D eigenvalue weighted by molar-refractivity contribution is 0.726. The zero-order valence-corrected chi connectivity index (χ0v) is 16.8. The number of nitrogens with zero attached hydrogens (tertiary/aromatic N) is 2. The highest BCUT2D eigenvalue weighted by Crippen LogP contribution is 2.36. The van der Waals surface area contributed by atoms with Crippen molar-refractivity contribution in [2.45, 2.75) is 40.8 Å². The summed E-state index contributed by atoms with van der Waals surface area (Å²) in [7, 11) is 0. The van der Waals surface area contributed by atoms with Crippen LogP contribution < -0.4 is 9.80 Å². The van der Waals surface area contributed by atoms with Crippen LogP contribution in [0.5, 0.6) is 0 Å². The fourth-order valence-corrected chi connectivity index (χ4v) is 4.48. The van der Waals surface area contributed by atoms with Crippen LogP contribution in [0.4, 0.5) is 11.4 Å². The molecule has 0 saturated carbocycles. The molecule has 0 N–H and O–H groups in total. The molecule has 136 valence electrons. The van der Waals surface area contributed by atoms with Gasteiger partial charge in [0.05, 0.1) is 6.17 Å². The molecule has 2 heteroatoms. The van der Waals surface area contributed by atoms with Gasteiger partial charge in [-0.3, -0.25) is 0 Å². The van der Waals surface area contributed by atoms with Gasteiger partial charge in [-0.25, -0.2) is 0 Å². The topological polar surface area (TPSA) is 6.48 Å². The molecule has 0 radical (unpaired) electrons. The Bertz CT molecular complexity index is 745. The Kier molecular flexibility index (Phi) is 4.95. The van der Waals surface area contributed by atoms with Crippen LogP contribution in [0.15, 0.2) is 37.4 Å². The number of hydrogen-bond acceptors (Lipinski definition) is 2. The van der Waals surface area contributed by atoms with Crippen molar-refractivity contribution < 1.29 is 0 Å². The molecule has 1 aliphatic heterocycles. The van der Waals surface area contributed by atoms with Crippen molar-refractivity contribution in [2.75, 3.05) is 22.9 Å². The molecule has 1 aliphatic rings. The molecule has 0 amide bonds. The lowest BCUT2D eigenvalue weighted by atomic mass is 10.0. The monoisotopic (exact) mass is 346 g/mol. The van der Waals surface area contributed by atoms with E-state index in [1.54, 1.807) is 0 Å². The fraction of sp³-hybridized carbons (Fsp3) is 0.333. The molecular formula is C24H30N2. The Balaban J connectivity index is 1.98. The Morgan fingerprint density at radius 2 is 1.04 bits per heavy atom. The highest BCUT2D eigenvalue weighted by molar-refractivity contribution is 5.70. The predicted octanol–water partition coefficient (Wildman–Crippen LogP) is 5.88. The van der Waals surface area contributed by atoms with Crippen LogP contribution in [0.3, 0.4) is 0 Å². The molecule has 26 heavy (non-hydrogen) atoms. The van der Waals surface area contributed by atoms with E-state index in [1.807, 2.05) is 12.2 Å². The normalized spacial score (nSPS) is 14.8. The van der Waals surface area contributed by atoms with E-state index in [-0.39, 0.29) is 0 Å². The summed E-state index contributed by atoms with van der Waals surface area (Å²) in [6, 6.07) is 8.94. The van der Waals surface area contributed by atoms with Crippen molar-refractivity contribution in [1.29, 1.82) is 0 Å². The standard InChI is InChI=1S/C24H30N2/c1-8-21-12-16(3)23(17(4)13-21)25-10-11-26(20(25)7)24-18(5)14-22(9-2)15-19(24)6/h8-9,12-15,20H,1-2,10-11H2,3-7H3. The van der Waals surface area contributed by atoms with Gasteiger partial charge in [-0.1, -0.05) is 25.3 Å². The molecule has 0 spiro atoms. The van der Waals surface area contributed by atoms with Gasteiger partial charge in [-0.2, -0.15) is 0 Å². The first-order valence-electron chi connectivity index (χ1n) is 9.38. The smallest absolute Gasteiger partial charge is 0.0988 e. The second kappa shape index (κ2) is 7.03. The van der Waals surface area contributed by atoms with E-state index < -0.39 is 0 Å². The van der Waals surface area contributed by atoms with Gasteiger partial charge in [0.15, 0.2) is 0 Å². The second-order valence-electron chi connectivity index (χ2n) is 7.43. The van der Waals surface area contributed by atoms with Crippen LogP contribution in [0.25, 0.3) is 12.2 Å². The zero-order chi connectivity index (χ0) is 19.0. The number of benzene rings is 2. The van der Waals surface area contributed by atoms with Crippen molar-refractivity contribution in [3.63, 3.8) is 0 Å². The average molecular weight is 347 g/mol. The van der Waals surface area contributed by atoms with Gasteiger partial charge in [0.2, 0.25) is 0 Å². The predicted molar refractivity (Wildman–Crippen MR) is 116 cm³/mol. The summed E-state index contributed by atoms with van der Waals surface area (Å²) < 4.78 is 0. The van der Waals surface area contributed by atoms with Crippen LogP contribution >= 0.6 is 0 Å². The first-order valence-corrected chi connectivity index (χ1v) is 9.38. The van der Waals surface area contributed by atoms with Crippen molar-refractivity contribution in [3.05, 3.63) is 70.8 Å². The Labute approximate surface area is 158 Å². The fourth-order valence-electron chi connectivity index (χ4n) is 4.48. The van der Waals surface area contributed by atoms with Crippen LogP contribution in [0.1, 0.15) is 40.3 Å². The van der Waals surface area contributed by atoms with Gasteiger partial charge in [0, 0.05) is 24.5 Å². The molecule has 1 heterocycles. The quantitative estimate of drug-likeness (QED) is 0.682. The van der Waals surface area contributed by atoms with Crippen LogP contribution in [-0.4, -0.2) is 19.3 Å². The second-order valence-corrected chi connectivity index (χ2v) is 7.43. The van der Waals surface area contributed by atoms with Crippen LogP contribution in [0, 0.1) is 27.7 Å². The third kappa shape index (κ3) is 3.05. The van der Waals surface area contributed by atoms with Gasteiger partial charge in [-0.15, -0.1) is 0 Å². The summed E-state index contributed by atoms with van der Waals surface area (Å²) in [5.74, 6) is 0. The van der Waals surface area contributed by atoms with Crippen molar-refractivity contribution >= 4 is 23.5 Å². The van der Waals surface area contributed by atoms with Gasteiger partial charge in [0.1, 0.15) is 0 Å². The van der Waals surface area contributed by atoms with Gasteiger partial charge in [-0.05, 0) is 92.3 Å². The molecule has 0 aromatic heterocycles. The lowest BCUT2D eigenvalue weighted by Gasteiger charge is -2.33. The largest absolute Gasteiger partial charge is 0.349 e. The van der Waals surface area contributed by atoms with E-state index in [4.69, 9.17) is 0 Å². The van der Waals surface area contributed by atoms with E-state index >= 15 is 0 Å². The van der Waals surface area contributed by atoms with E-state index in [9.17, 15) is 0 Å². The minimum absolute atomic E-state index is 0.328. The third-order valence-corrected chi connectivity index (χ3v) is 5.56. The van der Waals surface area contributed by atoms with E-state index in [1.165, 1.54) is 44.8 Å². The van der Waals surface area contributed by atoms with Crippen molar-refractivity contribution in [2.24, 2.45) is 0 Å². The Morgan fingerprint density at radius 1 is 0.731 bits per heavy atom. The van der Waals surface area contributed by atoms with E-state index in [0.29, 0.717) is 6.17 Å². The first kappa shape index (κ1) is 18.3. The van der Waals surface area contributed by atoms with Crippen LogP contribution in [0.2, 0.25) is 0 Å². The summed E-state index contributed by atoms with van der Waals surface area (Å²) in [5, 5.41) is 0. The van der Waals surface area contributed by atoms with Crippen LogP contribution in [-0.2, 0) is 0 Å². The molecular weight excluding hydrogens is 316 g/mol. The molecule has 3 rings (SSSR count). The minimum atomic E-state index is 0.328. The van der Waals surface area contributed by atoms with Crippen molar-refractivity contribution in [1.82, 2.24) is 0 Å². The number of hydrogen-bond donors (Lipinski definition) is 0. The van der Waals surface area contributed by atoms with Gasteiger partial charge >= 0.3 is 0 Å². The molecule has 2 aromatic rings. The molecule has 1 saturated heterocycles. The Hall–Kier alpha value is -2.48. The number of rotatable bonds is 4. The molecule has 0 atom stereocenters. The van der Waals surface area contributed by atoms with E-state index in [0.717, 1.165) is 13.1 Å². The maximum atomic E-state index is 3.91. The molecule has 2 nitrogen and oxygen atoms in total. The molecule has 0 unspecified atom stereocenters. The SMILES string of the molecule is C=Cc1cc(C)c(N2CCN(c3c(C)cc(C=C)cc3C)C2C)c(C)c1. The summed E-state index contributed by atoms with van der Waals surface area (Å²) in [4.78, 5) is 5.08. The van der Waals surface area contributed by atoms with Gasteiger partial charge in [0.25, 0.3) is 0 Å². The van der Waals surface area contributed by atoms with E-state index in [2.05, 4.69) is 81.8 Å². The average Bonchev–Trinajstić information content (AvgIpc) is 2.95. The van der Waals surface area contributed by atoms with Gasteiger partial charge < -0.3 is 9.80 Å². The molecule has 0 bridgehead atoms. The Morgan fingerprint density at radius 3 is 1.31 bits per heavy atom. The molecule has 0 aliphatic carbocycles. The number of aryl methyl sites for hydroxylation is 4. The lowest BCUT2D eigenvalue weighted by Crippen LogP contribution is -2.37. The maximum Gasteiger partial charge on any atom is 0.0988 e. The first-order chi connectivity index (χ1) is 12.4. The summed E-state index contributed by atoms with van der Waals surface area (Å²) >= 11 is 0. The highest BCUT2D eigenvalue weighted by atomic mass is 15.4. The number of anilines is 2. The summed E-state index contributed by atoms with van der Waals surface area (Å²) in [5.41, 5.74) is 10.4. The maximum absolute atomic E-state index is 3.91. The summed E-state index contributed by atoms with van der Waals surface area (Å²) in [6.07, 6.45) is 4.18. The third-order valence-electron chi connectivity index (χ3n) is 5.56. The minimum Gasteiger partial charge on any atom is -0.349 e. The summed E-state index contributed by atoms with van der Waals surface area (Å²) in [6.45, 7) is 21.1. The zero-order valence-electron chi connectivity index (χ0n) is 16.8. The highest BCUT2D eigenvalue weighted by Gasteiger charge is 2.31. The molecule has 1 fully saturated rings.